The molecule has 0 aromatic heterocycles. The van der Waals surface area contributed by atoms with Crippen molar-refractivity contribution in [2.24, 2.45) is 0 Å². The zero-order valence-corrected chi connectivity index (χ0v) is 24.4. The minimum absolute atomic E-state index is 0.0432. The molecule has 15 heteroatoms. The zero-order chi connectivity index (χ0) is 32.1. The first-order valence-electron chi connectivity index (χ1n) is 12.9. The van der Waals surface area contributed by atoms with Crippen molar-refractivity contribution in [1.82, 2.24) is 0 Å². The fourth-order valence-corrected chi connectivity index (χ4v) is 2.73. The van der Waals surface area contributed by atoms with Crippen molar-refractivity contribution in [3.8, 4) is 0 Å². The van der Waals surface area contributed by atoms with E-state index >= 15 is 0 Å². The Balaban J connectivity index is 4.54. The molecule has 3 atom stereocenters. The van der Waals surface area contributed by atoms with E-state index in [2.05, 4.69) is 19.7 Å². The van der Waals surface area contributed by atoms with Gasteiger partial charge in [0.2, 0.25) is 17.4 Å². The Kier molecular flexibility index (Phi) is 19.7. The monoisotopic (exact) mass is 608 g/mol. The second-order valence-electron chi connectivity index (χ2n) is 9.20. The summed E-state index contributed by atoms with van der Waals surface area (Å²) in [5.41, 5.74) is 0. The summed E-state index contributed by atoms with van der Waals surface area (Å²) in [4.78, 5) is 33.7. The lowest BCUT2D eigenvalue weighted by molar-refractivity contribution is -0.219. The number of ether oxygens (including phenoxy) is 9. The molecular formula is C27H44O15. The van der Waals surface area contributed by atoms with Gasteiger partial charge in [-0.3, -0.25) is 0 Å². The van der Waals surface area contributed by atoms with Crippen molar-refractivity contribution < 1.29 is 72.3 Å². The summed E-state index contributed by atoms with van der Waals surface area (Å²) in [6.45, 7) is 13.3. The van der Waals surface area contributed by atoms with Gasteiger partial charge in [-0.25, -0.2) is 14.4 Å². The Hall–Kier alpha value is -2.73. The van der Waals surface area contributed by atoms with Crippen LogP contribution in [0, 0.1) is 0 Å². The van der Waals surface area contributed by atoms with Gasteiger partial charge in [0.15, 0.2) is 0 Å². The van der Waals surface area contributed by atoms with Crippen molar-refractivity contribution in [1.29, 1.82) is 0 Å². The number of hydrogen-bond donors (Lipinski definition) is 3. The maximum Gasteiger partial charge on any atom is 0.332 e. The average Bonchev–Trinajstić information content (AvgIpc) is 2.90. The maximum atomic E-state index is 11.2. The zero-order valence-electron chi connectivity index (χ0n) is 24.4. The fraction of sp³-hybridized carbons (Fsp3) is 0.667. The van der Waals surface area contributed by atoms with E-state index in [9.17, 15) is 29.7 Å². The molecule has 0 aliphatic heterocycles. The molecule has 0 aromatic carbocycles. The van der Waals surface area contributed by atoms with E-state index in [0.29, 0.717) is 0 Å². The van der Waals surface area contributed by atoms with Crippen LogP contribution in [0.4, 0.5) is 0 Å². The molecule has 3 N–H and O–H groups in total. The van der Waals surface area contributed by atoms with Crippen molar-refractivity contribution in [3.63, 3.8) is 0 Å². The lowest BCUT2D eigenvalue weighted by atomic mass is 10.3. The highest BCUT2D eigenvalue weighted by molar-refractivity contribution is 5.82. The minimum Gasteiger partial charge on any atom is -0.428 e. The van der Waals surface area contributed by atoms with E-state index in [1.165, 1.54) is 20.8 Å². The van der Waals surface area contributed by atoms with E-state index in [4.69, 9.17) is 42.6 Å². The van der Waals surface area contributed by atoms with Crippen molar-refractivity contribution in [3.05, 3.63) is 38.0 Å². The van der Waals surface area contributed by atoms with Gasteiger partial charge in [-0.05, 0) is 0 Å². The quantitative estimate of drug-likeness (QED) is 0.0383. The van der Waals surface area contributed by atoms with Gasteiger partial charge >= 0.3 is 17.9 Å². The van der Waals surface area contributed by atoms with E-state index < -0.39 is 41.4 Å². The number of esters is 3. The van der Waals surface area contributed by atoms with Gasteiger partial charge < -0.3 is 58.0 Å². The summed E-state index contributed by atoms with van der Waals surface area (Å²) >= 11 is 0. The highest BCUT2D eigenvalue weighted by Gasteiger charge is 2.26. The Morgan fingerprint density at radius 1 is 0.571 bits per heavy atom. The molecule has 3 unspecified atom stereocenters. The van der Waals surface area contributed by atoms with Crippen LogP contribution in [0.1, 0.15) is 20.8 Å². The molecule has 0 saturated heterocycles. The summed E-state index contributed by atoms with van der Waals surface area (Å²) < 4.78 is 46.9. The summed E-state index contributed by atoms with van der Waals surface area (Å²) in [6.07, 6.45) is 2.18. The lowest BCUT2D eigenvalue weighted by Crippen LogP contribution is -2.37. The largest absolute Gasteiger partial charge is 0.428 e. The molecule has 0 rings (SSSR count). The van der Waals surface area contributed by atoms with Crippen molar-refractivity contribution in [2.75, 3.05) is 72.7 Å². The van der Waals surface area contributed by atoms with E-state index in [0.717, 1.165) is 18.2 Å². The van der Waals surface area contributed by atoms with Crippen LogP contribution < -0.4 is 0 Å². The van der Waals surface area contributed by atoms with Crippen LogP contribution in [-0.4, -0.2) is 129 Å². The minimum atomic E-state index is -1.85. The summed E-state index contributed by atoms with van der Waals surface area (Å²) in [5.74, 6) is -7.90. The molecule has 0 aromatic rings. The first-order chi connectivity index (χ1) is 19.6. The van der Waals surface area contributed by atoms with E-state index in [1.807, 2.05) is 0 Å². The van der Waals surface area contributed by atoms with Gasteiger partial charge in [-0.1, -0.05) is 19.7 Å². The van der Waals surface area contributed by atoms with Crippen LogP contribution in [0.5, 0.6) is 0 Å². The highest BCUT2D eigenvalue weighted by atomic mass is 16.7. The van der Waals surface area contributed by atoms with Crippen LogP contribution in [0.3, 0.4) is 0 Å². The van der Waals surface area contributed by atoms with E-state index in [-0.39, 0.29) is 72.7 Å². The normalized spacial score (nSPS) is 16.1. The van der Waals surface area contributed by atoms with Crippen LogP contribution in [0.2, 0.25) is 0 Å². The van der Waals surface area contributed by atoms with Gasteiger partial charge in [0.25, 0.3) is 0 Å². The molecule has 0 aliphatic carbocycles. The molecule has 0 heterocycles. The molecule has 0 bridgehead atoms. The number of rotatable bonds is 26. The summed E-state index contributed by atoms with van der Waals surface area (Å²) in [7, 11) is 0. The molecule has 0 amide bonds. The molecular weight excluding hydrogens is 564 g/mol. The van der Waals surface area contributed by atoms with Gasteiger partial charge in [-0.15, -0.1) is 0 Å². The highest BCUT2D eigenvalue weighted by Crippen LogP contribution is 2.09. The lowest BCUT2D eigenvalue weighted by Gasteiger charge is -2.23. The fourth-order valence-electron chi connectivity index (χ4n) is 2.73. The number of carbonyl (C=O) groups excluding carboxylic acids is 3. The summed E-state index contributed by atoms with van der Waals surface area (Å²) in [6, 6.07) is 0. The Morgan fingerprint density at radius 2 is 0.857 bits per heavy atom. The molecule has 242 valence electrons. The second kappa shape index (κ2) is 21.0. The first-order valence-corrected chi connectivity index (χ1v) is 12.9. The topological polar surface area (TPSA) is 195 Å². The van der Waals surface area contributed by atoms with Gasteiger partial charge in [0, 0.05) is 39.0 Å². The van der Waals surface area contributed by atoms with Crippen LogP contribution >= 0.6 is 0 Å². The van der Waals surface area contributed by atoms with Gasteiger partial charge in [0.05, 0.1) is 52.9 Å². The molecule has 42 heavy (non-hydrogen) atoms. The third-order valence-corrected chi connectivity index (χ3v) is 4.50. The van der Waals surface area contributed by atoms with Crippen LogP contribution in [0.15, 0.2) is 38.0 Å². The van der Waals surface area contributed by atoms with Gasteiger partial charge in [-0.2, -0.15) is 0 Å². The molecule has 0 fully saturated rings. The van der Waals surface area contributed by atoms with Crippen LogP contribution in [-0.2, 0) is 57.0 Å². The Bertz CT molecular complexity index is 791. The number of carbonyl (C=O) groups is 3. The number of hydrogen-bond acceptors (Lipinski definition) is 15. The third-order valence-electron chi connectivity index (χ3n) is 4.50. The van der Waals surface area contributed by atoms with Crippen molar-refractivity contribution in [2.45, 2.75) is 44.2 Å². The SMILES string of the molecule is C=CC(=O)OC(C)(O)COCCOCC(COCCOCC(C)(O)OC(=O)C=C)OCCOCC(C)(O)OC(=O)C=C. The average molecular weight is 609 g/mol. The summed E-state index contributed by atoms with van der Waals surface area (Å²) in [5, 5.41) is 29.9. The number of aliphatic hydroxyl groups is 3. The Labute approximate surface area is 245 Å². The smallest absolute Gasteiger partial charge is 0.332 e. The predicted molar refractivity (Wildman–Crippen MR) is 145 cm³/mol. The third kappa shape index (κ3) is 21.9. The maximum absolute atomic E-state index is 11.2. The molecule has 15 nitrogen and oxygen atoms in total. The molecule has 0 saturated carbocycles. The molecule has 0 spiro atoms. The Morgan fingerprint density at radius 3 is 1.17 bits per heavy atom. The van der Waals surface area contributed by atoms with Crippen molar-refractivity contribution >= 4 is 17.9 Å². The van der Waals surface area contributed by atoms with Crippen LogP contribution in [0.25, 0.3) is 0 Å². The van der Waals surface area contributed by atoms with Gasteiger partial charge in [0.1, 0.15) is 25.9 Å². The van der Waals surface area contributed by atoms with E-state index in [1.54, 1.807) is 0 Å². The predicted octanol–water partition coefficient (Wildman–Crippen LogP) is -0.232. The second-order valence-corrected chi connectivity index (χ2v) is 9.20. The first kappa shape index (κ1) is 39.3. The molecule has 0 radical (unpaired) electrons. The standard InChI is InChI=1S/C27H44O15/c1-7-22(28)40-25(4,31)18-36-12-10-34-16-21(39-15-14-38-20-27(6,33)42-24(30)9-3)17-35-11-13-37-19-26(5,32)41-23(29)8-2/h7-9,21,31-33H,1-3,10-20H2,4-6H3. The molecule has 0 aliphatic rings.